The van der Waals surface area contributed by atoms with Crippen LogP contribution in [-0.4, -0.2) is 42.3 Å². The van der Waals surface area contributed by atoms with Crippen molar-refractivity contribution < 1.29 is 23.4 Å². The highest BCUT2D eigenvalue weighted by Gasteiger charge is 2.33. The Labute approximate surface area is 185 Å². The predicted molar refractivity (Wildman–Crippen MR) is 118 cm³/mol. The van der Waals surface area contributed by atoms with E-state index in [0.717, 1.165) is 30.6 Å². The second kappa shape index (κ2) is 9.45. The Bertz CT molecular complexity index is 1000. The summed E-state index contributed by atoms with van der Waals surface area (Å²) in [6, 6.07) is 11.4. The number of hydrogen-bond donors (Lipinski definition) is 1. The van der Waals surface area contributed by atoms with E-state index in [4.69, 9.17) is 26.4 Å². The number of nitrogens with zero attached hydrogens (tertiary/aromatic N) is 1. The maximum absolute atomic E-state index is 13.1. The van der Waals surface area contributed by atoms with Crippen molar-refractivity contribution in [2.45, 2.75) is 25.6 Å². The van der Waals surface area contributed by atoms with Crippen LogP contribution < -0.4 is 14.8 Å². The third-order valence-electron chi connectivity index (χ3n) is 5.20. The Hall–Kier alpha value is -2.97. The lowest BCUT2D eigenvalue weighted by Crippen LogP contribution is -2.37. The Kier molecular flexibility index (Phi) is 6.48. The summed E-state index contributed by atoms with van der Waals surface area (Å²) < 4.78 is 29.9. The van der Waals surface area contributed by atoms with Gasteiger partial charge in [0.15, 0.2) is 5.11 Å². The zero-order chi connectivity index (χ0) is 21.8. The van der Waals surface area contributed by atoms with E-state index in [2.05, 4.69) is 5.32 Å². The Morgan fingerprint density at radius 1 is 1.29 bits per heavy atom. The van der Waals surface area contributed by atoms with Crippen molar-refractivity contribution in [1.82, 2.24) is 10.2 Å². The minimum Gasteiger partial charge on any atom is -0.496 e. The van der Waals surface area contributed by atoms with Crippen LogP contribution in [0.2, 0.25) is 0 Å². The summed E-state index contributed by atoms with van der Waals surface area (Å²) in [4.78, 5) is 14.4. The van der Waals surface area contributed by atoms with Crippen molar-refractivity contribution in [2.75, 3.05) is 20.3 Å². The molecule has 31 heavy (non-hydrogen) atoms. The van der Waals surface area contributed by atoms with E-state index in [1.807, 2.05) is 18.2 Å². The normalized spacial score (nSPS) is 19.7. The first kappa shape index (κ1) is 21.3. The van der Waals surface area contributed by atoms with Crippen LogP contribution in [0.1, 0.15) is 24.0 Å². The van der Waals surface area contributed by atoms with Crippen LogP contribution in [0.4, 0.5) is 4.39 Å². The highest BCUT2D eigenvalue weighted by molar-refractivity contribution is 7.80. The second-order valence-corrected chi connectivity index (χ2v) is 7.74. The van der Waals surface area contributed by atoms with Gasteiger partial charge in [-0.25, -0.2) is 4.39 Å². The maximum atomic E-state index is 13.1. The molecule has 1 amide bonds. The van der Waals surface area contributed by atoms with E-state index in [9.17, 15) is 9.18 Å². The van der Waals surface area contributed by atoms with Gasteiger partial charge in [0, 0.05) is 12.2 Å². The summed E-state index contributed by atoms with van der Waals surface area (Å²) in [6.45, 7) is 1.42. The van der Waals surface area contributed by atoms with Crippen molar-refractivity contribution in [3.8, 4) is 11.5 Å². The van der Waals surface area contributed by atoms with Crippen LogP contribution in [-0.2, 0) is 16.1 Å². The molecule has 1 unspecified atom stereocenters. The van der Waals surface area contributed by atoms with Crippen LogP contribution in [0.5, 0.6) is 11.5 Å². The van der Waals surface area contributed by atoms with Crippen LogP contribution in [0, 0.1) is 5.82 Å². The standard InChI is InChI=1S/C23H23FN2O4S/c1-28-21-9-4-15(11-16(21)14-30-18-7-5-17(24)6-8-18)12-20-22(27)26(23(31)25-20)13-19-3-2-10-29-19/h4-9,11-12,19H,2-3,10,13-14H2,1H3,(H,25,31)/b20-12+. The van der Waals surface area contributed by atoms with Gasteiger partial charge >= 0.3 is 0 Å². The lowest BCUT2D eigenvalue weighted by molar-refractivity contribution is -0.123. The molecule has 2 aliphatic heterocycles. The van der Waals surface area contributed by atoms with Gasteiger partial charge in [0.2, 0.25) is 0 Å². The highest BCUT2D eigenvalue weighted by Crippen LogP contribution is 2.25. The molecule has 2 fully saturated rings. The fourth-order valence-corrected chi connectivity index (χ4v) is 3.86. The molecular formula is C23H23FN2O4S. The first-order valence-electron chi connectivity index (χ1n) is 10.0. The Balaban J connectivity index is 1.49. The Morgan fingerprint density at radius 2 is 2.10 bits per heavy atom. The number of rotatable bonds is 7. The van der Waals surface area contributed by atoms with Gasteiger partial charge in [0.1, 0.15) is 29.6 Å². The third-order valence-corrected chi connectivity index (χ3v) is 5.52. The summed E-state index contributed by atoms with van der Waals surface area (Å²) >= 11 is 5.35. The molecule has 8 heteroatoms. The van der Waals surface area contributed by atoms with E-state index < -0.39 is 0 Å². The highest BCUT2D eigenvalue weighted by atomic mass is 32.1. The van der Waals surface area contributed by atoms with Gasteiger partial charge in [0.05, 0.1) is 19.8 Å². The molecule has 0 radical (unpaired) electrons. The summed E-state index contributed by atoms with van der Waals surface area (Å²) in [5, 5.41) is 3.39. The molecule has 0 spiro atoms. The van der Waals surface area contributed by atoms with Gasteiger partial charge in [-0.3, -0.25) is 9.69 Å². The van der Waals surface area contributed by atoms with Crippen molar-refractivity contribution in [2.24, 2.45) is 0 Å². The number of ether oxygens (including phenoxy) is 3. The molecular weight excluding hydrogens is 419 g/mol. The largest absolute Gasteiger partial charge is 0.496 e. The molecule has 2 aromatic rings. The topological polar surface area (TPSA) is 60.0 Å². The van der Waals surface area contributed by atoms with Crippen LogP contribution in [0.15, 0.2) is 48.2 Å². The number of benzene rings is 2. The molecule has 0 aliphatic carbocycles. The monoisotopic (exact) mass is 442 g/mol. The number of methoxy groups -OCH3 is 1. The minimum absolute atomic E-state index is 0.0271. The zero-order valence-corrected chi connectivity index (χ0v) is 17.9. The number of thiocarbonyl (C=S) groups is 1. The summed E-state index contributed by atoms with van der Waals surface area (Å²) in [5.41, 5.74) is 2.01. The first-order valence-corrected chi connectivity index (χ1v) is 10.5. The van der Waals surface area contributed by atoms with Gasteiger partial charge in [-0.2, -0.15) is 0 Å². The van der Waals surface area contributed by atoms with Crippen molar-refractivity contribution >= 4 is 29.3 Å². The van der Waals surface area contributed by atoms with Crippen molar-refractivity contribution in [1.29, 1.82) is 0 Å². The van der Waals surface area contributed by atoms with E-state index in [1.54, 1.807) is 30.2 Å². The molecule has 2 heterocycles. The molecule has 0 aromatic heterocycles. The third kappa shape index (κ3) is 5.03. The van der Waals surface area contributed by atoms with Crippen LogP contribution >= 0.6 is 12.2 Å². The Morgan fingerprint density at radius 3 is 2.81 bits per heavy atom. The fraction of sp³-hybridized carbons (Fsp3) is 0.304. The molecule has 2 aliphatic rings. The zero-order valence-electron chi connectivity index (χ0n) is 17.1. The van der Waals surface area contributed by atoms with E-state index >= 15 is 0 Å². The van der Waals surface area contributed by atoms with E-state index in [-0.39, 0.29) is 24.4 Å². The van der Waals surface area contributed by atoms with Crippen molar-refractivity contribution in [3.63, 3.8) is 0 Å². The predicted octanol–water partition coefficient (Wildman–Crippen LogP) is 3.65. The summed E-state index contributed by atoms with van der Waals surface area (Å²) in [6.07, 6.45) is 3.72. The van der Waals surface area contributed by atoms with Gasteiger partial charge in [-0.05, 0) is 73.1 Å². The number of carbonyl (C=O) groups is 1. The average Bonchev–Trinajstić information content (AvgIpc) is 3.38. The fourth-order valence-electron chi connectivity index (χ4n) is 3.59. The number of halogens is 1. The molecule has 0 bridgehead atoms. The second-order valence-electron chi connectivity index (χ2n) is 7.35. The number of hydrogen-bond acceptors (Lipinski definition) is 5. The number of nitrogens with one attached hydrogen (secondary N) is 1. The SMILES string of the molecule is COc1ccc(/C=C2/NC(=S)N(CC3CCCO3)C2=O)cc1COc1ccc(F)cc1. The van der Waals surface area contributed by atoms with Crippen molar-refractivity contribution in [3.05, 3.63) is 65.1 Å². The molecule has 4 rings (SSSR count). The first-order chi connectivity index (χ1) is 15.0. The van der Waals surface area contributed by atoms with Crippen LogP contribution in [0.25, 0.3) is 6.08 Å². The lowest BCUT2D eigenvalue weighted by Gasteiger charge is -2.18. The summed E-state index contributed by atoms with van der Waals surface area (Å²) in [7, 11) is 1.58. The summed E-state index contributed by atoms with van der Waals surface area (Å²) in [5.74, 6) is 0.722. The minimum atomic E-state index is -0.321. The molecule has 162 valence electrons. The molecule has 2 aromatic carbocycles. The van der Waals surface area contributed by atoms with Crippen LogP contribution in [0.3, 0.4) is 0 Å². The molecule has 1 N–H and O–H groups in total. The quantitative estimate of drug-likeness (QED) is 0.522. The molecule has 6 nitrogen and oxygen atoms in total. The van der Waals surface area contributed by atoms with Gasteiger partial charge in [-0.1, -0.05) is 6.07 Å². The lowest BCUT2D eigenvalue weighted by atomic mass is 10.1. The molecule has 2 saturated heterocycles. The molecule has 1 atom stereocenters. The number of carbonyl (C=O) groups excluding carboxylic acids is 1. The average molecular weight is 443 g/mol. The maximum Gasteiger partial charge on any atom is 0.276 e. The van der Waals surface area contributed by atoms with E-state index in [0.29, 0.717) is 28.9 Å². The number of amides is 1. The van der Waals surface area contributed by atoms with Gasteiger partial charge in [-0.15, -0.1) is 0 Å². The van der Waals surface area contributed by atoms with Gasteiger partial charge < -0.3 is 19.5 Å². The van der Waals surface area contributed by atoms with Gasteiger partial charge in [0.25, 0.3) is 5.91 Å². The van der Waals surface area contributed by atoms with E-state index in [1.165, 1.54) is 12.1 Å². The smallest absolute Gasteiger partial charge is 0.276 e. The molecule has 0 saturated carbocycles.